The summed E-state index contributed by atoms with van der Waals surface area (Å²) in [5.41, 5.74) is 2.75. The van der Waals surface area contributed by atoms with E-state index in [2.05, 4.69) is 30.4 Å². The summed E-state index contributed by atoms with van der Waals surface area (Å²) in [5.74, 6) is -0.771. The fourth-order valence-electron chi connectivity index (χ4n) is 2.78. The van der Waals surface area contributed by atoms with Gasteiger partial charge in [0.05, 0.1) is 0 Å². The molecule has 0 radical (unpaired) electrons. The van der Waals surface area contributed by atoms with Crippen molar-refractivity contribution in [2.24, 2.45) is 0 Å². The zero-order valence-corrected chi connectivity index (χ0v) is 12.5. The maximum absolute atomic E-state index is 11.8. The number of carboxylic acid groups (broad SMARTS) is 1. The smallest absolute Gasteiger partial charge is 0.303 e. The van der Waals surface area contributed by atoms with Crippen molar-refractivity contribution in [3.05, 3.63) is 35.4 Å². The normalized spacial score (nSPS) is 15.5. The van der Waals surface area contributed by atoms with Crippen LogP contribution in [0.3, 0.4) is 0 Å². The average Bonchev–Trinajstić information content (AvgIpc) is 3.23. The number of benzene rings is 1. The van der Waals surface area contributed by atoms with Crippen LogP contribution < -0.4 is 5.32 Å². The Morgan fingerprint density at radius 3 is 2.48 bits per heavy atom. The Morgan fingerprint density at radius 1 is 1.19 bits per heavy atom. The van der Waals surface area contributed by atoms with Crippen molar-refractivity contribution in [2.45, 2.75) is 50.9 Å². The van der Waals surface area contributed by atoms with Gasteiger partial charge in [0.2, 0.25) is 5.91 Å². The molecule has 0 bridgehead atoms. The Labute approximate surface area is 125 Å². The van der Waals surface area contributed by atoms with E-state index in [1.807, 2.05) is 6.07 Å². The first-order valence-electron chi connectivity index (χ1n) is 7.58. The summed E-state index contributed by atoms with van der Waals surface area (Å²) >= 11 is 0. The molecular formula is C17H23NO3. The van der Waals surface area contributed by atoms with E-state index in [0.29, 0.717) is 25.8 Å². The summed E-state index contributed by atoms with van der Waals surface area (Å²) in [7, 11) is 0. The highest BCUT2D eigenvalue weighted by Crippen LogP contribution is 2.48. The van der Waals surface area contributed by atoms with Crippen molar-refractivity contribution in [1.82, 2.24) is 5.32 Å². The van der Waals surface area contributed by atoms with Crippen molar-refractivity contribution >= 4 is 11.9 Å². The predicted molar refractivity (Wildman–Crippen MR) is 81.2 cm³/mol. The largest absolute Gasteiger partial charge is 0.481 e. The van der Waals surface area contributed by atoms with Crippen LogP contribution in [-0.2, 0) is 15.0 Å². The highest BCUT2D eigenvalue weighted by molar-refractivity contribution is 5.76. The SMILES string of the molecule is Cc1ccccc1C1(CNC(=O)CCCCC(=O)O)CC1. The molecule has 2 N–H and O–H groups in total. The van der Waals surface area contributed by atoms with Crippen LogP contribution >= 0.6 is 0 Å². The number of carbonyl (C=O) groups is 2. The highest BCUT2D eigenvalue weighted by Gasteiger charge is 2.44. The van der Waals surface area contributed by atoms with Crippen LogP contribution in [0.2, 0.25) is 0 Å². The van der Waals surface area contributed by atoms with E-state index < -0.39 is 5.97 Å². The van der Waals surface area contributed by atoms with Gasteiger partial charge in [-0.25, -0.2) is 0 Å². The van der Waals surface area contributed by atoms with Crippen LogP contribution in [0.4, 0.5) is 0 Å². The fraction of sp³-hybridized carbons (Fsp3) is 0.529. The van der Waals surface area contributed by atoms with Gasteiger partial charge in [0.25, 0.3) is 0 Å². The minimum Gasteiger partial charge on any atom is -0.481 e. The zero-order valence-electron chi connectivity index (χ0n) is 12.5. The summed E-state index contributed by atoms with van der Waals surface area (Å²) in [6, 6.07) is 8.36. The molecule has 114 valence electrons. The molecule has 0 atom stereocenters. The van der Waals surface area contributed by atoms with Crippen molar-refractivity contribution < 1.29 is 14.7 Å². The van der Waals surface area contributed by atoms with E-state index in [4.69, 9.17) is 5.11 Å². The Morgan fingerprint density at radius 2 is 1.86 bits per heavy atom. The van der Waals surface area contributed by atoms with Gasteiger partial charge in [0.15, 0.2) is 0 Å². The molecule has 0 heterocycles. The number of aliphatic carboxylic acids is 1. The lowest BCUT2D eigenvalue weighted by atomic mass is 9.92. The van der Waals surface area contributed by atoms with Gasteiger partial charge in [0, 0.05) is 24.8 Å². The molecule has 1 saturated carbocycles. The second-order valence-electron chi connectivity index (χ2n) is 5.97. The first-order chi connectivity index (χ1) is 10.0. The molecule has 2 rings (SSSR count). The first-order valence-corrected chi connectivity index (χ1v) is 7.58. The van der Waals surface area contributed by atoms with Gasteiger partial charge in [-0.1, -0.05) is 24.3 Å². The number of hydrogen-bond donors (Lipinski definition) is 2. The molecular weight excluding hydrogens is 266 g/mol. The Bertz CT molecular complexity index is 521. The Kier molecular flexibility index (Phi) is 4.99. The Hall–Kier alpha value is -1.84. The number of rotatable bonds is 8. The first kappa shape index (κ1) is 15.5. The van der Waals surface area contributed by atoms with Crippen LogP contribution in [0.15, 0.2) is 24.3 Å². The van der Waals surface area contributed by atoms with Crippen molar-refractivity contribution in [3.63, 3.8) is 0 Å². The molecule has 0 saturated heterocycles. The topological polar surface area (TPSA) is 66.4 Å². The van der Waals surface area contributed by atoms with Crippen LogP contribution in [0.1, 0.15) is 49.7 Å². The van der Waals surface area contributed by atoms with Gasteiger partial charge >= 0.3 is 5.97 Å². The average molecular weight is 289 g/mol. The van der Waals surface area contributed by atoms with Gasteiger partial charge in [0.1, 0.15) is 0 Å². The number of amides is 1. The second kappa shape index (κ2) is 6.74. The molecule has 0 aliphatic heterocycles. The molecule has 1 amide bonds. The van der Waals surface area contributed by atoms with E-state index >= 15 is 0 Å². The van der Waals surface area contributed by atoms with E-state index in [1.54, 1.807) is 0 Å². The number of carboxylic acids is 1. The Balaban J connectivity index is 1.76. The van der Waals surface area contributed by atoms with Gasteiger partial charge in [-0.3, -0.25) is 9.59 Å². The molecule has 1 aromatic rings. The zero-order chi connectivity index (χ0) is 15.3. The van der Waals surface area contributed by atoms with Gasteiger partial charge in [-0.05, 0) is 43.7 Å². The summed E-state index contributed by atoms with van der Waals surface area (Å²) < 4.78 is 0. The molecule has 0 aromatic heterocycles. The third-order valence-electron chi connectivity index (χ3n) is 4.24. The third-order valence-corrected chi connectivity index (χ3v) is 4.24. The monoisotopic (exact) mass is 289 g/mol. The minimum absolute atomic E-state index is 0.0280. The van der Waals surface area contributed by atoms with Gasteiger partial charge in [-0.2, -0.15) is 0 Å². The number of hydrogen-bond acceptors (Lipinski definition) is 2. The molecule has 0 spiro atoms. The van der Waals surface area contributed by atoms with E-state index in [1.165, 1.54) is 11.1 Å². The maximum Gasteiger partial charge on any atom is 0.303 e. The van der Waals surface area contributed by atoms with Gasteiger partial charge in [-0.15, -0.1) is 0 Å². The van der Waals surface area contributed by atoms with Crippen molar-refractivity contribution in [2.75, 3.05) is 6.54 Å². The maximum atomic E-state index is 11.8. The number of nitrogens with one attached hydrogen (secondary N) is 1. The van der Waals surface area contributed by atoms with Crippen LogP contribution in [0.5, 0.6) is 0 Å². The number of carbonyl (C=O) groups excluding carboxylic acids is 1. The van der Waals surface area contributed by atoms with Crippen LogP contribution in [0.25, 0.3) is 0 Å². The molecule has 0 unspecified atom stereocenters. The van der Waals surface area contributed by atoms with E-state index in [-0.39, 0.29) is 17.7 Å². The second-order valence-corrected chi connectivity index (χ2v) is 5.97. The van der Waals surface area contributed by atoms with E-state index in [9.17, 15) is 9.59 Å². The molecule has 1 aliphatic rings. The summed E-state index contributed by atoms with van der Waals surface area (Å²) in [4.78, 5) is 22.2. The highest BCUT2D eigenvalue weighted by atomic mass is 16.4. The van der Waals surface area contributed by atoms with Crippen LogP contribution in [-0.4, -0.2) is 23.5 Å². The van der Waals surface area contributed by atoms with Gasteiger partial charge < -0.3 is 10.4 Å². The van der Waals surface area contributed by atoms with Crippen LogP contribution in [0, 0.1) is 6.92 Å². The molecule has 4 nitrogen and oxygen atoms in total. The molecule has 1 aliphatic carbocycles. The molecule has 21 heavy (non-hydrogen) atoms. The number of aryl methyl sites for hydroxylation is 1. The number of unbranched alkanes of at least 4 members (excludes halogenated alkanes) is 1. The molecule has 1 aromatic carbocycles. The lowest BCUT2D eigenvalue weighted by Crippen LogP contribution is -2.32. The summed E-state index contributed by atoms with van der Waals surface area (Å²) in [5, 5.41) is 11.6. The minimum atomic E-state index is -0.799. The quantitative estimate of drug-likeness (QED) is 0.723. The fourth-order valence-corrected chi connectivity index (χ4v) is 2.78. The van der Waals surface area contributed by atoms with Crippen molar-refractivity contribution in [3.8, 4) is 0 Å². The summed E-state index contributed by atoms with van der Waals surface area (Å²) in [6.45, 7) is 2.80. The summed E-state index contributed by atoms with van der Waals surface area (Å²) in [6.07, 6.45) is 3.99. The molecule has 4 heteroatoms. The lowest BCUT2D eigenvalue weighted by Gasteiger charge is -2.19. The predicted octanol–water partition coefficient (Wildman–Crippen LogP) is 2.79. The third kappa shape index (κ3) is 4.31. The lowest BCUT2D eigenvalue weighted by molar-refractivity contribution is -0.137. The van der Waals surface area contributed by atoms with Crippen molar-refractivity contribution in [1.29, 1.82) is 0 Å². The molecule has 1 fully saturated rings. The standard InChI is InChI=1S/C17H23NO3/c1-13-6-2-3-7-14(13)17(10-11-17)12-18-15(19)8-4-5-9-16(20)21/h2-3,6-7H,4-5,8-12H2,1H3,(H,18,19)(H,20,21). The van der Waals surface area contributed by atoms with E-state index in [0.717, 1.165) is 12.8 Å².